The fourth-order valence-corrected chi connectivity index (χ4v) is 3.87. The van der Waals surface area contributed by atoms with E-state index in [2.05, 4.69) is 0 Å². The first-order valence-corrected chi connectivity index (χ1v) is 11.8. The third-order valence-electron chi connectivity index (χ3n) is 5.38. The fraction of sp³-hybridized carbons (Fsp3) is 0.680. The minimum absolute atomic E-state index is 0.0631. The molecule has 0 N–H and O–H groups in total. The van der Waals surface area contributed by atoms with E-state index in [9.17, 15) is 9.59 Å². The van der Waals surface area contributed by atoms with Crippen LogP contribution in [0.3, 0.4) is 0 Å². The van der Waals surface area contributed by atoms with Gasteiger partial charge in [0.2, 0.25) is 0 Å². The average molecular weight is 465 g/mol. The number of hydrogen-bond acceptors (Lipinski definition) is 6. The lowest BCUT2D eigenvalue weighted by Gasteiger charge is -2.39. The summed E-state index contributed by atoms with van der Waals surface area (Å²) in [4.78, 5) is 29.7. The van der Waals surface area contributed by atoms with Gasteiger partial charge in [0.1, 0.15) is 5.60 Å². The normalized spacial score (nSPS) is 16.3. The van der Waals surface area contributed by atoms with E-state index in [0.29, 0.717) is 49.9 Å². The molecule has 1 saturated heterocycles. The zero-order valence-electron chi connectivity index (χ0n) is 21.0. The molecule has 0 aliphatic carbocycles. The molecule has 186 valence electrons. The molecule has 0 radical (unpaired) electrons. The highest BCUT2D eigenvalue weighted by atomic mass is 16.6. The number of hydrogen-bond donors (Lipinski definition) is 0. The standard InChI is InChI=1S/C25H40N2O6/c1-7-13-27(20-10-8-14-26(18-20)24(29)33-25(2,3)4)23(28)19-11-12-21(31-6)22(17-19)32-16-9-15-30-5/h11-12,17,20H,7-10,13-16,18H2,1-6H3/t20-/m1/s1. The zero-order chi connectivity index (χ0) is 24.4. The summed E-state index contributed by atoms with van der Waals surface area (Å²) in [5.41, 5.74) is -0.00788. The van der Waals surface area contributed by atoms with Crippen LogP contribution in [-0.2, 0) is 9.47 Å². The van der Waals surface area contributed by atoms with Crippen LogP contribution in [0.4, 0.5) is 4.79 Å². The molecule has 1 aromatic carbocycles. The van der Waals surface area contributed by atoms with Crippen molar-refractivity contribution in [3.05, 3.63) is 23.8 Å². The van der Waals surface area contributed by atoms with Crippen molar-refractivity contribution in [1.29, 1.82) is 0 Å². The van der Waals surface area contributed by atoms with E-state index in [1.807, 2.05) is 32.6 Å². The summed E-state index contributed by atoms with van der Waals surface area (Å²) in [6, 6.07) is 5.20. The van der Waals surface area contributed by atoms with Crippen molar-refractivity contribution < 1.29 is 28.5 Å². The maximum absolute atomic E-state index is 13.5. The van der Waals surface area contributed by atoms with E-state index in [1.54, 1.807) is 37.3 Å². The highest BCUT2D eigenvalue weighted by Gasteiger charge is 2.33. The van der Waals surface area contributed by atoms with Gasteiger partial charge in [-0.15, -0.1) is 0 Å². The van der Waals surface area contributed by atoms with Crippen molar-refractivity contribution in [2.24, 2.45) is 0 Å². The monoisotopic (exact) mass is 464 g/mol. The third-order valence-corrected chi connectivity index (χ3v) is 5.38. The number of benzene rings is 1. The molecule has 0 saturated carbocycles. The van der Waals surface area contributed by atoms with Crippen molar-refractivity contribution in [1.82, 2.24) is 9.80 Å². The average Bonchev–Trinajstić information content (AvgIpc) is 2.78. The molecule has 0 unspecified atom stereocenters. The molecule has 1 aromatic rings. The largest absolute Gasteiger partial charge is 0.493 e. The predicted molar refractivity (Wildman–Crippen MR) is 127 cm³/mol. The van der Waals surface area contributed by atoms with Crippen LogP contribution in [0, 0.1) is 0 Å². The number of rotatable bonds is 10. The molecule has 1 aliphatic heterocycles. The Labute approximate surface area is 198 Å². The molecule has 1 heterocycles. The highest BCUT2D eigenvalue weighted by Crippen LogP contribution is 2.30. The van der Waals surface area contributed by atoms with Gasteiger partial charge < -0.3 is 28.7 Å². The molecule has 2 rings (SSSR count). The summed E-state index contributed by atoms with van der Waals surface area (Å²) in [6.45, 7) is 10.4. The van der Waals surface area contributed by atoms with Crippen LogP contribution in [0.25, 0.3) is 0 Å². The Bertz CT molecular complexity index is 777. The van der Waals surface area contributed by atoms with Gasteiger partial charge >= 0.3 is 6.09 Å². The predicted octanol–water partition coefficient (Wildman–Crippen LogP) is 4.36. The van der Waals surface area contributed by atoms with E-state index in [4.69, 9.17) is 18.9 Å². The Balaban J connectivity index is 2.17. The van der Waals surface area contributed by atoms with E-state index < -0.39 is 5.60 Å². The van der Waals surface area contributed by atoms with Crippen molar-refractivity contribution in [2.75, 3.05) is 47.1 Å². The lowest BCUT2D eigenvalue weighted by Crippen LogP contribution is -2.52. The van der Waals surface area contributed by atoms with Crippen molar-refractivity contribution in [3.8, 4) is 11.5 Å². The lowest BCUT2D eigenvalue weighted by atomic mass is 10.0. The second-order valence-corrected chi connectivity index (χ2v) is 9.28. The molecule has 0 bridgehead atoms. The van der Waals surface area contributed by atoms with Crippen molar-refractivity contribution >= 4 is 12.0 Å². The molecule has 1 atom stereocenters. The van der Waals surface area contributed by atoms with Gasteiger partial charge in [0.15, 0.2) is 11.5 Å². The molecule has 0 spiro atoms. The van der Waals surface area contributed by atoms with Crippen LogP contribution >= 0.6 is 0 Å². The van der Waals surface area contributed by atoms with E-state index >= 15 is 0 Å². The van der Waals surface area contributed by atoms with Gasteiger partial charge in [0.25, 0.3) is 5.91 Å². The Kier molecular flexibility index (Phi) is 10.3. The number of carbonyl (C=O) groups is 2. The molecular weight excluding hydrogens is 424 g/mol. The number of ether oxygens (including phenoxy) is 4. The Morgan fingerprint density at radius 3 is 2.55 bits per heavy atom. The fourth-order valence-electron chi connectivity index (χ4n) is 3.87. The second-order valence-electron chi connectivity index (χ2n) is 9.28. The summed E-state index contributed by atoms with van der Waals surface area (Å²) in [6.07, 6.45) is 2.91. The minimum Gasteiger partial charge on any atom is -0.493 e. The van der Waals surface area contributed by atoms with Crippen LogP contribution < -0.4 is 9.47 Å². The topological polar surface area (TPSA) is 77.5 Å². The number of methoxy groups -OCH3 is 2. The minimum atomic E-state index is -0.550. The first-order chi connectivity index (χ1) is 15.7. The summed E-state index contributed by atoms with van der Waals surface area (Å²) in [5, 5.41) is 0. The van der Waals surface area contributed by atoms with E-state index in [0.717, 1.165) is 25.7 Å². The van der Waals surface area contributed by atoms with Gasteiger partial charge in [-0.05, 0) is 58.2 Å². The van der Waals surface area contributed by atoms with E-state index in [-0.39, 0.29) is 18.0 Å². The van der Waals surface area contributed by atoms with Crippen LogP contribution in [0.2, 0.25) is 0 Å². The van der Waals surface area contributed by atoms with Crippen LogP contribution in [0.5, 0.6) is 11.5 Å². The number of amides is 2. The number of piperidine rings is 1. The van der Waals surface area contributed by atoms with Crippen LogP contribution in [-0.4, -0.2) is 80.5 Å². The number of carbonyl (C=O) groups excluding carboxylic acids is 2. The second kappa shape index (κ2) is 12.7. The maximum Gasteiger partial charge on any atom is 0.410 e. The first-order valence-electron chi connectivity index (χ1n) is 11.8. The molecule has 8 heteroatoms. The van der Waals surface area contributed by atoms with Crippen molar-refractivity contribution in [3.63, 3.8) is 0 Å². The zero-order valence-corrected chi connectivity index (χ0v) is 21.0. The molecule has 1 aliphatic rings. The van der Waals surface area contributed by atoms with E-state index in [1.165, 1.54) is 0 Å². The Hall–Kier alpha value is -2.48. The third kappa shape index (κ3) is 8.11. The Morgan fingerprint density at radius 1 is 1.15 bits per heavy atom. The maximum atomic E-state index is 13.5. The molecule has 33 heavy (non-hydrogen) atoms. The first kappa shape index (κ1) is 26.8. The SMILES string of the molecule is CCCN(C(=O)c1ccc(OC)c(OCCCOC)c1)[C@@H]1CCCN(C(=O)OC(C)(C)C)C1. The summed E-state index contributed by atoms with van der Waals surface area (Å²) in [7, 11) is 3.23. The molecule has 1 fully saturated rings. The molecular formula is C25H40N2O6. The number of nitrogens with zero attached hydrogens (tertiary/aromatic N) is 2. The Morgan fingerprint density at radius 2 is 1.91 bits per heavy atom. The smallest absolute Gasteiger partial charge is 0.410 e. The van der Waals surface area contributed by atoms with Gasteiger partial charge in [-0.25, -0.2) is 4.79 Å². The summed E-state index contributed by atoms with van der Waals surface area (Å²) < 4.78 is 21.9. The highest BCUT2D eigenvalue weighted by molar-refractivity contribution is 5.95. The molecule has 2 amide bonds. The molecule has 0 aromatic heterocycles. The quantitative estimate of drug-likeness (QED) is 0.479. The summed E-state index contributed by atoms with van der Waals surface area (Å²) >= 11 is 0. The van der Waals surface area contributed by atoms with Gasteiger partial charge in [0, 0.05) is 51.4 Å². The van der Waals surface area contributed by atoms with Crippen molar-refractivity contribution in [2.45, 2.75) is 65.0 Å². The van der Waals surface area contributed by atoms with Gasteiger partial charge in [-0.2, -0.15) is 0 Å². The van der Waals surface area contributed by atoms with Gasteiger partial charge in [-0.3, -0.25) is 4.79 Å². The van der Waals surface area contributed by atoms with Gasteiger partial charge in [0.05, 0.1) is 13.7 Å². The molecule has 8 nitrogen and oxygen atoms in total. The number of likely N-dealkylation sites (tertiary alicyclic amines) is 1. The summed E-state index contributed by atoms with van der Waals surface area (Å²) in [5.74, 6) is 1.05. The van der Waals surface area contributed by atoms with Gasteiger partial charge in [-0.1, -0.05) is 6.92 Å². The van der Waals surface area contributed by atoms with Crippen LogP contribution in [0.15, 0.2) is 18.2 Å². The van der Waals surface area contributed by atoms with Crippen LogP contribution in [0.1, 0.15) is 63.7 Å². The lowest BCUT2D eigenvalue weighted by molar-refractivity contribution is 0.0103.